The van der Waals surface area contributed by atoms with E-state index in [4.69, 9.17) is 4.74 Å². The van der Waals surface area contributed by atoms with Crippen LogP contribution in [0.3, 0.4) is 0 Å². The molecule has 0 saturated carbocycles. The number of hydrogen-bond donors (Lipinski definition) is 1. The van der Waals surface area contributed by atoms with Gasteiger partial charge in [0.05, 0.1) is 6.10 Å². The first kappa shape index (κ1) is 16.1. The van der Waals surface area contributed by atoms with Gasteiger partial charge in [0.1, 0.15) is 0 Å². The lowest BCUT2D eigenvalue weighted by molar-refractivity contribution is 0.0874. The van der Waals surface area contributed by atoms with Gasteiger partial charge in [0, 0.05) is 46.0 Å². The molecule has 1 fully saturated rings. The minimum absolute atomic E-state index is 0.0321. The van der Waals surface area contributed by atoms with Crippen LogP contribution in [-0.2, 0) is 17.7 Å². The SMILES string of the molecule is CN(C[C@H]1CCCO1)C(=O)NCc1ccc2c(c1)CCCN2C. The molecule has 23 heavy (non-hydrogen) atoms. The van der Waals surface area contributed by atoms with Crippen LogP contribution in [0.15, 0.2) is 18.2 Å². The lowest BCUT2D eigenvalue weighted by atomic mass is 9.99. The zero-order valence-corrected chi connectivity index (χ0v) is 14.2. The van der Waals surface area contributed by atoms with Crippen LogP contribution < -0.4 is 10.2 Å². The number of nitrogens with one attached hydrogen (secondary N) is 1. The fourth-order valence-electron chi connectivity index (χ4n) is 3.44. The number of likely N-dealkylation sites (N-methyl/N-ethyl adjacent to an activating group) is 1. The van der Waals surface area contributed by atoms with Crippen LogP contribution in [0.2, 0.25) is 0 Å². The predicted octanol–water partition coefficient (Wildman–Crippen LogP) is 2.39. The van der Waals surface area contributed by atoms with Gasteiger partial charge in [-0.15, -0.1) is 0 Å². The van der Waals surface area contributed by atoms with Crippen LogP contribution in [0.1, 0.15) is 30.4 Å². The molecule has 2 aliphatic heterocycles. The number of aryl methyl sites for hydroxylation is 1. The van der Waals surface area contributed by atoms with Crippen molar-refractivity contribution < 1.29 is 9.53 Å². The Hall–Kier alpha value is -1.75. The van der Waals surface area contributed by atoms with Crippen LogP contribution in [-0.4, -0.2) is 50.8 Å². The van der Waals surface area contributed by atoms with Crippen molar-refractivity contribution in [2.24, 2.45) is 0 Å². The first-order valence-electron chi connectivity index (χ1n) is 8.57. The summed E-state index contributed by atoms with van der Waals surface area (Å²) in [5, 5.41) is 3.01. The van der Waals surface area contributed by atoms with E-state index in [0.717, 1.165) is 38.0 Å². The summed E-state index contributed by atoms with van der Waals surface area (Å²) in [5.41, 5.74) is 3.87. The summed E-state index contributed by atoms with van der Waals surface area (Å²) in [6.07, 6.45) is 4.67. The van der Waals surface area contributed by atoms with Crippen LogP contribution in [0.4, 0.5) is 10.5 Å². The van der Waals surface area contributed by atoms with Crippen LogP contribution >= 0.6 is 0 Å². The topological polar surface area (TPSA) is 44.8 Å². The molecule has 1 N–H and O–H groups in total. The van der Waals surface area contributed by atoms with E-state index in [-0.39, 0.29) is 12.1 Å². The number of carbonyl (C=O) groups excluding carboxylic acids is 1. The summed E-state index contributed by atoms with van der Waals surface area (Å²) >= 11 is 0. The van der Waals surface area contributed by atoms with E-state index >= 15 is 0 Å². The second-order valence-electron chi connectivity index (χ2n) is 6.66. The summed E-state index contributed by atoms with van der Waals surface area (Å²) < 4.78 is 5.58. The first-order valence-corrected chi connectivity index (χ1v) is 8.57. The van der Waals surface area contributed by atoms with Gasteiger partial charge in [-0.1, -0.05) is 12.1 Å². The van der Waals surface area contributed by atoms with Gasteiger partial charge in [-0.3, -0.25) is 0 Å². The van der Waals surface area contributed by atoms with Crippen molar-refractivity contribution in [3.8, 4) is 0 Å². The van der Waals surface area contributed by atoms with Gasteiger partial charge in [-0.2, -0.15) is 0 Å². The molecule has 2 amide bonds. The lowest BCUT2D eigenvalue weighted by Gasteiger charge is -2.28. The average Bonchev–Trinajstić information content (AvgIpc) is 3.05. The highest BCUT2D eigenvalue weighted by Crippen LogP contribution is 2.26. The third kappa shape index (κ3) is 3.96. The minimum atomic E-state index is -0.0321. The Bertz CT molecular complexity index is 555. The molecule has 0 aliphatic carbocycles. The van der Waals surface area contributed by atoms with Gasteiger partial charge in [0.25, 0.3) is 0 Å². The molecule has 126 valence electrons. The van der Waals surface area contributed by atoms with Crippen molar-refractivity contribution in [1.29, 1.82) is 0 Å². The highest BCUT2D eigenvalue weighted by atomic mass is 16.5. The Morgan fingerprint density at radius 1 is 1.43 bits per heavy atom. The Morgan fingerprint density at radius 2 is 2.30 bits per heavy atom. The molecule has 5 heteroatoms. The maximum Gasteiger partial charge on any atom is 0.317 e. The smallest absolute Gasteiger partial charge is 0.317 e. The predicted molar refractivity (Wildman–Crippen MR) is 91.9 cm³/mol. The van der Waals surface area contributed by atoms with Gasteiger partial charge < -0.3 is 19.9 Å². The summed E-state index contributed by atoms with van der Waals surface area (Å²) in [7, 11) is 3.97. The molecule has 1 aromatic carbocycles. The molecule has 2 aliphatic rings. The van der Waals surface area contributed by atoms with Gasteiger partial charge in [-0.25, -0.2) is 4.79 Å². The third-order valence-corrected chi connectivity index (χ3v) is 4.79. The van der Waals surface area contributed by atoms with Crippen molar-refractivity contribution in [1.82, 2.24) is 10.2 Å². The fraction of sp³-hybridized carbons (Fsp3) is 0.611. The molecule has 2 heterocycles. The molecule has 0 radical (unpaired) electrons. The lowest BCUT2D eigenvalue weighted by Crippen LogP contribution is -2.40. The van der Waals surface area contributed by atoms with E-state index in [2.05, 4.69) is 35.5 Å². The Morgan fingerprint density at radius 3 is 3.09 bits per heavy atom. The maximum atomic E-state index is 12.2. The standard InChI is InChI=1S/C18H27N3O2/c1-20-9-3-5-15-11-14(7-8-17(15)20)12-19-18(22)21(2)13-16-6-4-10-23-16/h7-8,11,16H,3-6,9-10,12-13H2,1-2H3,(H,19,22)/t16-/m1/s1. The van der Waals surface area contributed by atoms with Crippen molar-refractivity contribution in [3.63, 3.8) is 0 Å². The van der Waals surface area contributed by atoms with E-state index in [1.807, 2.05) is 7.05 Å². The fourth-order valence-corrected chi connectivity index (χ4v) is 3.44. The van der Waals surface area contributed by atoms with Gasteiger partial charge in [0.2, 0.25) is 0 Å². The average molecular weight is 317 g/mol. The normalized spacial score (nSPS) is 20.3. The number of carbonyl (C=O) groups is 1. The number of hydrogen-bond acceptors (Lipinski definition) is 3. The largest absolute Gasteiger partial charge is 0.376 e. The quantitative estimate of drug-likeness (QED) is 0.927. The van der Waals surface area contributed by atoms with Crippen LogP contribution in [0.5, 0.6) is 0 Å². The Labute approximate surface area is 138 Å². The number of rotatable bonds is 4. The minimum Gasteiger partial charge on any atom is -0.376 e. The number of anilines is 1. The number of ether oxygens (including phenoxy) is 1. The number of amides is 2. The van der Waals surface area contributed by atoms with Crippen molar-refractivity contribution in [2.45, 2.75) is 38.3 Å². The molecule has 0 spiro atoms. The number of nitrogens with zero attached hydrogens (tertiary/aromatic N) is 2. The molecular formula is C18H27N3O2. The van der Waals surface area contributed by atoms with Gasteiger partial charge in [0.15, 0.2) is 0 Å². The molecule has 1 aromatic rings. The van der Waals surface area contributed by atoms with Crippen molar-refractivity contribution >= 4 is 11.7 Å². The maximum absolute atomic E-state index is 12.2. The third-order valence-electron chi connectivity index (χ3n) is 4.79. The van der Waals surface area contributed by atoms with Crippen LogP contribution in [0.25, 0.3) is 0 Å². The van der Waals surface area contributed by atoms with E-state index in [9.17, 15) is 4.79 Å². The van der Waals surface area contributed by atoms with E-state index in [0.29, 0.717) is 13.1 Å². The van der Waals surface area contributed by atoms with Crippen molar-refractivity contribution in [3.05, 3.63) is 29.3 Å². The highest BCUT2D eigenvalue weighted by molar-refractivity contribution is 5.74. The summed E-state index contributed by atoms with van der Waals surface area (Å²) in [6, 6.07) is 6.48. The molecule has 1 atom stereocenters. The number of urea groups is 1. The van der Waals surface area contributed by atoms with E-state index < -0.39 is 0 Å². The molecule has 5 nitrogen and oxygen atoms in total. The Balaban J connectivity index is 1.52. The molecule has 3 rings (SSSR count). The summed E-state index contributed by atoms with van der Waals surface area (Å²) in [5.74, 6) is 0. The number of benzene rings is 1. The summed E-state index contributed by atoms with van der Waals surface area (Å²) in [6.45, 7) is 3.19. The monoisotopic (exact) mass is 317 g/mol. The van der Waals surface area contributed by atoms with E-state index in [1.54, 1.807) is 4.90 Å². The highest BCUT2D eigenvalue weighted by Gasteiger charge is 2.20. The Kier molecular flexibility index (Phi) is 5.06. The molecule has 0 aromatic heterocycles. The second-order valence-corrected chi connectivity index (χ2v) is 6.66. The zero-order valence-electron chi connectivity index (χ0n) is 14.2. The van der Waals surface area contributed by atoms with Gasteiger partial charge in [-0.05, 0) is 42.9 Å². The number of fused-ring (bicyclic) bond motifs is 1. The molecule has 1 saturated heterocycles. The first-order chi connectivity index (χ1) is 11.1. The second kappa shape index (κ2) is 7.21. The molecular weight excluding hydrogens is 290 g/mol. The zero-order chi connectivity index (χ0) is 16.2. The van der Waals surface area contributed by atoms with E-state index in [1.165, 1.54) is 17.7 Å². The van der Waals surface area contributed by atoms with Crippen molar-refractivity contribution in [2.75, 3.05) is 38.7 Å². The molecule has 0 bridgehead atoms. The summed E-state index contributed by atoms with van der Waals surface area (Å²) in [4.78, 5) is 16.2. The molecule has 0 unspecified atom stereocenters. The van der Waals surface area contributed by atoms with Gasteiger partial charge >= 0.3 is 6.03 Å². The van der Waals surface area contributed by atoms with Crippen LogP contribution in [0, 0.1) is 0 Å².